The van der Waals surface area contributed by atoms with Crippen molar-refractivity contribution in [2.24, 2.45) is 0 Å². The van der Waals surface area contributed by atoms with Gasteiger partial charge in [-0.15, -0.1) is 23.1 Å². The van der Waals surface area contributed by atoms with Gasteiger partial charge in [-0.25, -0.2) is 4.98 Å². The van der Waals surface area contributed by atoms with Gasteiger partial charge in [0.1, 0.15) is 0 Å². The zero-order valence-corrected chi connectivity index (χ0v) is 18.0. The third-order valence-corrected chi connectivity index (χ3v) is 6.05. The van der Waals surface area contributed by atoms with Gasteiger partial charge in [0.15, 0.2) is 0 Å². The first-order valence-electron chi connectivity index (χ1n) is 8.68. The van der Waals surface area contributed by atoms with Crippen molar-refractivity contribution in [3.8, 4) is 0 Å². The molecule has 2 aromatic rings. The van der Waals surface area contributed by atoms with Crippen LogP contribution >= 0.6 is 23.1 Å². The van der Waals surface area contributed by atoms with Gasteiger partial charge in [-0.1, -0.05) is 32.9 Å². The molecule has 1 atom stereocenters. The number of amides is 1. The summed E-state index contributed by atoms with van der Waals surface area (Å²) in [5.41, 5.74) is 1.59. The lowest BCUT2D eigenvalue weighted by Crippen LogP contribution is -2.31. The maximum absolute atomic E-state index is 12.5. The van der Waals surface area contributed by atoms with Crippen molar-refractivity contribution in [2.75, 3.05) is 13.4 Å². The second kappa shape index (κ2) is 9.37. The molecule has 0 aliphatic rings. The van der Waals surface area contributed by atoms with Gasteiger partial charge in [-0.3, -0.25) is 9.59 Å². The number of esters is 1. The fourth-order valence-corrected chi connectivity index (χ4v) is 3.80. The molecule has 0 saturated heterocycles. The third-order valence-electron chi connectivity index (χ3n) is 3.99. The van der Waals surface area contributed by atoms with Crippen LogP contribution in [-0.2, 0) is 26.2 Å². The van der Waals surface area contributed by atoms with Crippen LogP contribution in [0.4, 0.5) is 0 Å². The molecule has 1 N–H and O–H groups in total. The first-order valence-corrected chi connectivity index (χ1v) is 10.8. The van der Waals surface area contributed by atoms with Crippen molar-refractivity contribution < 1.29 is 14.3 Å². The highest BCUT2D eigenvalue weighted by Crippen LogP contribution is 2.26. The van der Waals surface area contributed by atoms with Crippen LogP contribution in [-0.4, -0.2) is 30.2 Å². The molecule has 0 spiro atoms. The molecular formula is C20H26N2O3S2. The molecule has 27 heavy (non-hydrogen) atoms. The van der Waals surface area contributed by atoms with E-state index >= 15 is 0 Å². The van der Waals surface area contributed by atoms with E-state index in [4.69, 9.17) is 4.74 Å². The minimum Gasteiger partial charge on any atom is -0.469 e. The number of hydrogen-bond acceptors (Lipinski definition) is 6. The number of thioether (sulfide) groups is 1. The zero-order valence-electron chi connectivity index (χ0n) is 16.4. The molecule has 0 fully saturated rings. The number of thiazole rings is 1. The summed E-state index contributed by atoms with van der Waals surface area (Å²) in [6.45, 7) is 6.29. The predicted octanol–water partition coefficient (Wildman–Crippen LogP) is 4.13. The van der Waals surface area contributed by atoms with Gasteiger partial charge >= 0.3 is 5.97 Å². The lowest BCUT2D eigenvalue weighted by molar-refractivity contribution is -0.141. The second-order valence-electron chi connectivity index (χ2n) is 7.24. The Hall–Kier alpha value is -1.86. The van der Waals surface area contributed by atoms with E-state index in [1.54, 1.807) is 23.1 Å². The van der Waals surface area contributed by atoms with Gasteiger partial charge in [-0.05, 0) is 24.0 Å². The molecule has 1 amide bonds. The van der Waals surface area contributed by atoms with Crippen LogP contribution in [0.3, 0.4) is 0 Å². The Balaban J connectivity index is 2.10. The van der Waals surface area contributed by atoms with Crippen LogP contribution in [0.2, 0.25) is 0 Å². The van der Waals surface area contributed by atoms with Crippen LogP contribution in [0, 0.1) is 0 Å². The molecule has 0 radical (unpaired) electrons. The number of carbonyl (C=O) groups excluding carboxylic acids is 2. The van der Waals surface area contributed by atoms with E-state index in [9.17, 15) is 9.59 Å². The second-order valence-corrected chi connectivity index (χ2v) is 8.98. The van der Waals surface area contributed by atoms with Crippen LogP contribution in [0.15, 0.2) is 34.5 Å². The smallest absolute Gasteiger partial charge is 0.307 e. The average Bonchev–Trinajstić information content (AvgIpc) is 3.10. The van der Waals surface area contributed by atoms with E-state index in [1.165, 1.54) is 7.11 Å². The van der Waals surface area contributed by atoms with Crippen LogP contribution in [0.1, 0.15) is 49.5 Å². The Morgan fingerprint density at radius 2 is 1.93 bits per heavy atom. The Kier molecular flexibility index (Phi) is 7.44. The number of nitrogens with one attached hydrogen (secondary N) is 1. The van der Waals surface area contributed by atoms with Crippen molar-refractivity contribution in [2.45, 2.75) is 50.0 Å². The van der Waals surface area contributed by atoms with Crippen LogP contribution in [0.5, 0.6) is 0 Å². The number of rotatable bonds is 7. The average molecular weight is 407 g/mol. The van der Waals surface area contributed by atoms with E-state index in [0.717, 1.165) is 21.2 Å². The highest BCUT2D eigenvalue weighted by Gasteiger charge is 2.21. The maximum Gasteiger partial charge on any atom is 0.307 e. The summed E-state index contributed by atoms with van der Waals surface area (Å²) in [7, 11) is 1.35. The van der Waals surface area contributed by atoms with E-state index in [-0.39, 0.29) is 30.1 Å². The highest BCUT2D eigenvalue weighted by atomic mass is 32.2. The molecule has 1 unspecified atom stereocenters. The van der Waals surface area contributed by atoms with Crippen LogP contribution in [0.25, 0.3) is 0 Å². The lowest BCUT2D eigenvalue weighted by Gasteiger charge is -2.18. The fourth-order valence-electron chi connectivity index (χ4n) is 2.48. The molecule has 1 heterocycles. The quantitative estimate of drug-likeness (QED) is 0.553. The van der Waals surface area contributed by atoms with E-state index in [1.807, 2.05) is 35.9 Å². The SMILES string of the molecule is COC(=O)CC(NC(=O)Cc1csc(C(C)(C)C)n1)c1ccc(SC)cc1. The number of nitrogens with zero attached hydrogens (tertiary/aromatic N) is 1. The number of aromatic nitrogens is 1. The minimum atomic E-state index is -0.429. The zero-order chi connectivity index (χ0) is 20.0. The largest absolute Gasteiger partial charge is 0.469 e. The predicted molar refractivity (Wildman–Crippen MR) is 110 cm³/mol. The molecule has 5 nitrogen and oxygen atoms in total. The number of carbonyl (C=O) groups is 2. The molecule has 7 heteroatoms. The standard InChI is InChI=1S/C20H26N2O3S2/c1-20(2,3)19-21-14(12-27-19)10-17(23)22-16(11-18(24)25-4)13-6-8-15(26-5)9-7-13/h6-9,12,16H,10-11H2,1-5H3,(H,22,23). The molecule has 0 saturated carbocycles. The molecule has 146 valence electrons. The lowest BCUT2D eigenvalue weighted by atomic mass is 9.98. The summed E-state index contributed by atoms with van der Waals surface area (Å²) in [5.74, 6) is -0.526. The topological polar surface area (TPSA) is 68.3 Å². The summed E-state index contributed by atoms with van der Waals surface area (Å²) in [5, 5.41) is 5.87. The van der Waals surface area contributed by atoms with Crippen LogP contribution < -0.4 is 5.32 Å². The van der Waals surface area contributed by atoms with Gasteiger partial charge in [0.25, 0.3) is 0 Å². The Bertz CT molecular complexity index is 779. The highest BCUT2D eigenvalue weighted by molar-refractivity contribution is 7.98. The third kappa shape index (κ3) is 6.36. The van der Waals surface area contributed by atoms with Gasteiger partial charge in [0.2, 0.25) is 5.91 Å². The number of ether oxygens (including phenoxy) is 1. The molecular weight excluding hydrogens is 380 g/mol. The van der Waals surface area contributed by atoms with Gasteiger partial charge in [-0.2, -0.15) is 0 Å². The van der Waals surface area contributed by atoms with Crippen molar-refractivity contribution in [1.82, 2.24) is 10.3 Å². The summed E-state index contributed by atoms with van der Waals surface area (Å²) in [6.07, 6.45) is 2.28. The number of methoxy groups -OCH3 is 1. The summed E-state index contributed by atoms with van der Waals surface area (Å²) in [6, 6.07) is 7.39. The Labute approximate surface area is 168 Å². The van der Waals surface area contributed by atoms with E-state index < -0.39 is 6.04 Å². The molecule has 1 aromatic carbocycles. The minimum absolute atomic E-state index is 0.0359. The van der Waals surface area contributed by atoms with Gasteiger partial charge < -0.3 is 10.1 Å². The van der Waals surface area contributed by atoms with Crippen molar-refractivity contribution in [1.29, 1.82) is 0 Å². The fraction of sp³-hybridized carbons (Fsp3) is 0.450. The number of hydrogen-bond donors (Lipinski definition) is 1. The van der Waals surface area contributed by atoms with E-state index in [0.29, 0.717) is 0 Å². The monoisotopic (exact) mass is 406 g/mol. The Morgan fingerprint density at radius 3 is 2.44 bits per heavy atom. The first kappa shape index (κ1) is 21.4. The number of benzene rings is 1. The van der Waals surface area contributed by atoms with Crippen molar-refractivity contribution >= 4 is 35.0 Å². The molecule has 1 aromatic heterocycles. The van der Waals surface area contributed by atoms with Crippen molar-refractivity contribution in [3.05, 3.63) is 45.9 Å². The Morgan fingerprint density at radius 1 is 1.26 bits per heavy atom. The normalized spacial score (nSPS) is 12.5. The first-order chi connectivity index (χ1) is 12.7. The maximum atomic E-state index is 12.5. The van der Waals surface area contributed by atoms with E-state index in [2.05, 4.69) is 31.1 Å². The molecule has 2 rings (SSSR count). The molecule has 0 bridgehead atoms. The summed E-state index contributed by atoms with van der Waals surface area (Å²) >= 11 is 3.21. The molecule has 0 aliphatic carbocycles. The summed E-state index contributed by atoms with van der Waals surface area (Å²) in [4.78, 5) is 30.0. The van der Waals surface area contributed by atoms with Gasteiger partial charge in [0, 0.05) is 15.7 Å². The van der Waals surface area contributed by atoms with Gasteiger partial charge in [0.05, 0.1) is 36.7 Å². The summed E-state index contributed by atoms with van der Waals surface area (Å²) < 4.78 is 4.78. The molecule has 0 aliphatic heterocycles. The van der Waals surface area contributed by atoms with Crippen molar-refractivity contribution in [3.63, 3.8) is 0 Å².